The van der Waals surface area contributed by atoms with Gasteiger partial charge in [0.05, 0.1) is 57.5 Å². The molecule has 5 heteroatoms. The zero-order valence-corrected chi connectivity index (χ0v) is 26.9. The summed E-state index contributed by atoms with van der Waals surface area (Å²) in [5, 5.41) is 33.2. The van der Waals surface area contributed by atoms with Gasteiger partial charge in [0.2, 0.25) is 0 Å². The van der Waals surface area contributed by atoms with Crippen molar-refractivity contribution in [3.63, 3.8) is 0 Å². The average molecular weight is 638 g/mol. The van der Waals surface area contributed by atoms with Gasteiger partial charge < -0.3 is 9.13 Å². The third-order valence-electron chi connectivity index (χ3n) is 9.93. The first-order valence-corrected chi connectivity index (χ1v) is 16.5. The molecule has 1 aliphatic rings. The van der Waals surface area contributed by atoms with Gasteiger partial charge in [0, 0.05) is 33.1 Å². The Morgan fingerprint density at radius 3 is 1.96 bits per heavy atom. The molecule has 2 heterocycles. The quantitative estimate of drug-likeness (QED) is 0.193. The molecule has 9 rings (SSSR count). The number of nitriles is 3. The standard InChI is InChI=1S/C45H27N5/c46-26-29-13-21-44-39(23-29)40-24-30(27-47)14-22-45(40)50(44)41-10-4-1-7-36(41)32-17-20-35(33(25-32)28-48)31-15-18-34(19-16-31)49-42-11-5-2-8-37(42)38-9-3-6-12-43(38)49/h1-23,25,30H,24H2. The van der Waals surface area contributed by atoms with Crippen molar-refractivity contribution in [1.82, 2.24) is 9.13 Å². The van der Waals surface area contributed by atoms with E-state index in [2.05, 4.69) is 118 Å². The summed E-state index contributed by atoms with van der Waals surface area (Å²) in [4.78, 5) is 0. The van der Waals surface area contributed by atoms with Crippen molar-refractivity contribution in [3.8, 4) is 51.8 Å². The summed E-state index contributed by atoms with van der Waals surface area (Å²) in [6.07, 6.45) is 4.58. The molecule has 1 atom stereocenters. The smallest absolute Gasteiger partial charge is 0.0998 e. The highest BCUT2D eigenvalue weighted by atomic mass is 15.0. The third-order valence-corrected chi connectivity index (χ3v) is 9.93. The Morgan fingerprint density at radius 1 is 0.560 bits per heavy atom. The number of hydrogen-bond donors (Lipinski definition) is 0. The number of allylic oxidation sites excluding steroid dienone is 1. The molecule has 0 radical (unpaired) electrons. The van der Waals surface area contributed by atoms with Gasteiger partial charge in [-0.1, -0.05) is 84.9 Å². The Kier molecular flexibility index (Phi) is 6.70. The molecular weight excluding hydrogens is 611 g/mol. The Balaban J connectivity index is 1.14. The lowest BCUT2D eigenvalue weighted by molar-refractivity contribution is 0.809. The molecule has 1 aliphatic carbocycles. The van der Waals surface area contributed by atoms with Gasteiger partial charge in [-0.05, 0) is 89.3 Å². The molecule has 0 saturated carbocycles. The molecule has 5 nitrogen and oxygen atoms in total. The Bertz CT molecular complexity index is 2770. The Labute approximate surface area is 289 Å². The Morgan fingerprint density at radius 2 is 1.24 bits per heavy atom. The van der Waals surface area contributed by atoms with Gasteiger partial charge in [0.25, 0.3) is 0 Å². The minimum absolute atomic E-state index is 0.218. The maximum atomic E-state index is 10.4. The van der Waals surface area contributed by atoms with Crippen LogP contribution < -0.4 is 0 Å². The van der Waals surface area contributed by atoms with Crippen LogP contribution in [0.3, 0.4) is 0 Å². The number of fused-ring (bicyclic) bond motifs is 6. The van der Waals surface area contributed by atoms with Crippen LogP contribution in [0.25, 0.3) is 72.4 Å². The van der Waals surface area contributed by atoms with Gasteiger partial charge in [-0.15, -0.1) is 0 Å². The van der Waals surface area contributed by atoms with Crippen LogP contribution in [0, 0.1) is 39.9 Å². The highest BCUT2D eigenvalue weighted by molar-refractivity contribution is 6.09. The predicted octanol–water partition coefficient (Wildman–Crippen LogP) is 10.5. The van der Waals surface area contributed by atoms with Crippen LogP contribution in [-0.4, -0.2) is 9.13 Å². The minimum Gasteiger partial charge on any atom is -0.309 e. The molecule has 0 aliphatic heterocycles. The molecule has 1 unspecified atom stereocenters. The molecule has 50 heavy (non-hydrogen) atoms. The predicted molar refractivity (Wildman–Crippen MR) is 200 cm³/mol. The van der Waals surface area contributed by atoms with Crippen LogP contribution in [0.1, 0.15) is 22.4 Å². The van der Waals surface area contributed by atoms with E-state index in [4.69, 9.17) is 0 Å². The number of para-hydroxylation sites is 3. The van der Waals surface area contributed by atoms with E-state index in [9.17, 15) is 15.8 Å². The first-order chi connectivity index (χ1) is 24.7. The fourth-order valence-corrected chi connectivity index (χ4v) is 7.64. The Hall–Kier alpha value is -7.13. The summed E-state index contributed by atoms with van der Waals surface area (Å²) in [7, 11) is 0. The summed E-state index contributed by atoms with van der Waals surface area (Å²) < 4.78 is 4.51. The van der Waals surface area contributed by atoms with E-state index in [1.54, 1.807) is 0 Å². The fraction of sp³-hybridized carbons (Fsp3) is 0.0444. The highest BCUT2D eigenvalue weighted by Crippen LogP contribution is 2.40. The molecule has 0 spiro atoms. The second-order valence-corrected chi connectivity index (χ2v) is 12.6. The summed E-state index contributed by atoms with van der Waals surface area (Å²) in [6, 6.07) is 52.6. The number of benzene rings is 6. The molecule has 8 aromatic rings. The molecular formula is C45H27N5. The number of rotatable bonds is 4. The van der Waals surface area contributed by atoms with Gasteiger partial charge in [-0.2, -0.15) is 15.8 Å². The lowest BCUT2D eigenvalue weighted by Gasteiger charge is -2.18. The van der Waals surface area contributed by atoms with Crippen molar-refractivity contribution >= 4 is 38.8 Å². The molecule has 0 bridgehead atoms. The summed E-state index contributed by atoms with van der Waals surface area (Å²) >= 11 is 0. The second kappa shape index (κ2) is 11.5. The summed E-state index contributed by atoms with van der Waals surface area (Å²) in [6.45, 7) is 0. The van der Waals surface area contributed by atoms with E-state index in [1.807, 2.05) is 54.6 Å². The number of nitrogens with zero attached hydrogens (tertiary/aromatic N) is 5. The second-order valence-electron chi connectivity index (χ2n) is 12.6. The van der Waals surface area contributed by atoms with Gasteiger partial charge in [-0.25, -0.2) is 0 Å². The van der Waals surface area contributed by atoms with E-state index in [0.717, 1.165) is 66.8 Å². The van der Waals surface area contributed by atoms with Crippen molar-refractivity contribution in [2.45, 2.75) is 6.42 Å². The SMILES string of the molecule is N#Cc1ccc2c(c1)c1c(n2-c2ccccc2-c2ccc(-c3ccc(-n4c5ccccc5c5ccccc54)cc3)c(C#N)c2)C=CC(C#N)C1. The maximum absolute atomic E-state index is 10.4. The van der Waals surface area contributed by atoms with Crippen molar-refractivity contribution in [2.24, 2.45) is 5.92 Å². The molecule has 2 aromatic heterocycles. The van der Waals surface area contributed by atoms with Gasteiger partial charge >= 0.3 is 0 Å². The van der Waals surface area contributed by atoms with Crippen LogP contribution in [0.5, 0.6) is 0 Å². The van der Waals surface area contributed by atoms with E-state index in [1.165, 1.54) is 10.8 Å². The zero-order chi connectivity index (χ0) is 33.8. The van der Waals surface area contributed by atoms with Crippen molar-refractivity contribution < 1.29 is 0 Å². The van der Waals surface area contributed by atoms with Gasteiger partial charge in [0.1, 0.15) is 0 Å². The van der Waals surface area contributed by atoms with Crippen molar-refractivity contribution in [1.29, 1.82) is 15.8 Å². The fourth-order valence-electron chi connectivity index (χ4n) is 7.64. The van der Waals surface area contributed by atoms with Crippen molar-refractivity contribution in [2.75, 3.05) is 0 Å². The van der Waals surface area contributed by atoms with Gasteiger partial charge in [-0.3, -0.25) is 0 Å². The van der Waals surface area contributed by atoms with Crippen LogP contribution in [0.4, 0.5) is 0 Å². The average Bonchev–Trinajstić information content (AvgIpc) is 3.69. The highest BCUT2D eigenvalue weighted by Gasteiger charge is 2.24. The summed E-state index contributed by atoms with van der Waals surface area (Å²) in [5.74, 6) is -0.218. The van der Waals surface area contributed by atoms with E-state index < -0.39 is 0 Å². The molecule has 0 N–H and O–H groups in total. The van der Waals surface area contributed by atoms with Crippen molar-refractivity contribution in [3.05, 3.63) is 162 Å². The molecule has 0 amide bonds. The lowest BCUT2D eigenvalue weighted by atomic mass is 9.92. The maximum Gasteiger partial charge on any atom is 0.0998 e. The molecule has 0 fully saturated rings. The van der Waals surface area contributed by atoms with E-state index >= 15 is 0 Å². The molecule has 232 valence electrons. The van der Waals surface area contributed by atoms with Crippen LogP contribution in [-0.2, 0) is 6.42 Å². The first-order valence-electron chi connectivity index (χ1n) is 16.5. The monoisotopic (exact) mass is 637 g/mol. The molecule has 0 saturated heterocycles. The topological polar surface area (TPSA) is 81.2 Å². The summed E-state index contributed by atoms with van der Waals surface area (Å²) in [5.41, 5.74) is 12.3. The number of aromatic nitrogens is 2. The van der Waals surface area contributed by atoms with Crippen LogP contribution in [0.15, 0.2) is 140 Å². The lowest BCUT2D eigenvalue weighted by Crippen LogP contribution is -2.07. The number of hydrogen-bond acceptors (Lipinski definition) is 3. The third kappa shape index (κ3) is 4.45. The first kappa shape index (κ1) is 29.0. The largest absolute Gasteiger partial charge is 0.309 e. The minimum atomic E-state index is -0.218. The zero-order valence-electron chi connectivity index (χ0n) is 26.9. The van der Waals surface area contributed by atoms with Crippen LogP contribution in [0.2, 0.25) is 0 Å². The van der Waals surface area contributed by atoms with E-state index in [-0.39, 0.29) is 5.92 Å². The normalized spacial score (nSPS) is 13.6. The van der Waals surface area contributed by atoms with Gasteiger partial charge in [0.15, 0.2) is 0 Å². The van der Waals surface area contributed by atoms with Crippen LogP contribution >= 0.6 is 0 Å². The van der Waals surface area contributed by atoms with E-state index in [0.29, 0.717) is 17.5 Å². The molecule has 6 aromatic carbocycles.